The van der Waals surface area contributed by atoms with Crippen molar-refractivity contribution in [2.24, 2.45) is 0 Å². The van der Waals surface area contributed by atoms with Gasteiger partial charge >= 0.3 is 0 Å². The summed E-state index contributed by atoms with van der Waals surface area (Å²) in [5.74, 6) is -0.576. The molecule has 0 unspecified atom stereocenters. The second kappa shape index (κ2) is 4.99. The van der Waals surface area contributed by atoms with Gasteiger partial charge in [0.2, 0.25) is 10.0 Å². The van der Waals surface area contributed by atoms with Crippen LogP contribution in [0.15, 0.2) is 23.1 Å². The zero-order valence-electron chi connectivity index (χ0n) is 8.65. The Bertz CT molecular complexity index is 478. The third-order valence-corrected chi connectivity index (χ3v) is 4.10. The normalized spacial score (nSPS) is 12.0. The summed E-state index contributed by atoms with van der Waals surface area (Å²) >= 11 is 5.45. The summed E-state index contributed by atoms with van der Waals surface area (Å²) in [6, 6.07) is 3.38. The zero-order valence-corrected chi connectivity index (χ0v) is 10.2. The van der Waals surface area contributed by atoms with Gasteiger partial charge in [-0.15, -0.1) is 11.6 Å². The second-order valence-electron chi connectivity index (χ2n) is 3.20. The second-order valence-corrected chi connectivity index (χ2v) is 5.62. The van der Waals surface area contributed by atoms with Gasteiger partial charge in [0.05, 0.1) is 10.6 Å². The van der Waals surface area contributed by atoms with E-state index in [9.17, 15) is 12.8 Å². The molecular formula is C9H12ClFN2O2S. The number of sulfonamides is 1. The SMILES string of the molecule is CN(CCCl)S(=O)(=O)c1ccc(N)c(F)c1. The van der Waals surface area contributed by atoms with Gasteiger partial charge in [0.25, 0.3) is 0 Å². The summed E-state index contributed by atoms with van der Waals surface area (Å²) in [4.78, 5) is -0.133. The minimum atomic E-state index is -3.69. The number of hydrogen-bond donors (Lipinski definition) is 1. The molecule has 0 atom stereocenters. The molecule has 0 bridgehead atoms. The van der Waals surface area contributed by atoms with E-state index in [1.807, 2.05) is 0 Å². The molecule has 7 heteroatoms. The zero-order chi connectivity index (χ0) is 12.3. The maximum Gasteiger partial charge on any atom is 0.242 e. The molecule has 1 aromatic rings. The summed E-state index contributed by atoms with van der Waals surface area (Å²) in [5, 5.41) is 0. The van der Waals surface area contributed by atoms with Crippen LogP contribution in [0.4, 0.5) is 10.1 Å². The Balaban J connectivity index is 3.12. The van der Waals surface area contributed by atoms with Crippen LogP contribution in [0.3, 0.4) is 0 Å². The van der Waals surface area contributed by atoms with E-state index in [4.69, 9.17) is 17.3 Å². The van der Waals surface area contributed by atoms with Gasteiger partial charge in [-0.25, -0.2) is 12.8 Å². The number of hydrogen-bond acceptors (Lipinski definition) is 3. The Morgan fingerprint density at radius 1 is 1.50 bits per heavy atom. The number of nitrogens with two attached hydrogens (primary N) is 1. The molecule has 0 aliphatic heterocycles. The van der Waals surface area contributed by atoms with Gasteiger partial charge in [0.15, 0.2) is 0 Å². The number of anilines is 1. The van der Waals surface area contributed by atoms with E-state index in [-0.39, 0.29) is 23.0 Å². The van der Waals surface area contributed by atoms with E-state index in [0.717, 1.165) is 10.4 Å². The molecule has 0 saturated heterocycles. The number of alkyl halides is 1. The number of nitrogen functional groups attached to an aromatic ring is 1. The highest BCUT2D eigenvalue weighted by Crippen LogP contribution is 2.19. The quantitative estimate of drug-likeness (QED) is 0.659. The molecule has 16 heavy (non-hydrogen) atoms. The summed E-state index contributed by atoms with van der Waals surface area (Å²) in [7, 11) is -2.31. The van der Waals surface area contributed by atoms with Crippen LogP contribution in [0, 0.1) is 5.82 Å². The third-order valence-electron chi connectivity index (χ3n) is 2.08. The lowest BCUT2D eigenvalue weighted by Crippen LogP contribution is -2.28. The van der Waals surface area contributed by atoms with Crippen LogP contribution in [0.25, 0.3) is 0 Å². The lowest BCUT2D eigenvalue weighted by molar-refractivity contribution is 0.487. The average molecular weight is 267 g/mol. The molecule has 1 rings (SSSR count). The fourth-order valence-electron chi connectivity index (χ4n) is 1.09. The van der Waals surface area contributed by atoms with Crippen LogP contribution in [0.1, 0.15) is 0 Å². The highest BCUT2D eigenvalue weighted by molar-refractivity contribution is 7.89. The summed E-state index contributed by atoms with van der Waals surface area (Å²) in [5.41, 5.74) is 5.18. The molecule has 0 amide bonds. The number of benzene rings is 1. The molecule has 0 radical (unpaired) electrons. The van der Waals surface area contributed by atoms with Crippen LogP contribution in [-0.2, 0) is 10.0 Å². The predicted octanol–water partition coefficient (Wildman–Crippen LogP) is 1.27. The van der Waals surface area contributed by atoms with Crippen molar-refractivity contribution in [2.45, 2.75) is 4.90 Å². The van der Waals surface area contributed by atoms with Gasteiger partial charge < -0.3 is 5.73 Å². The van der Waals surface area contributed by atoms with Crippen LogP contribution in [0.5, 0.6) is 0 Å². The fraction of sp³-hybridized carbons (Fsp3) is 0.333. The molecule has 2 N–H and O–H groups in total. The molecular weight excluding hydrogens is 255 g/mol. The van der Waals surface area contributed by atoms with Gasteiger partial charge in [-0.1, -0.05) is 0 Å². The Labute approximate surface area is 98.9 Å². The van der Waals surface area contributed by atoms with Crippen molar-refractivity contribution in [3.05, 3.63) is 24.0 Å². The minimum Gasteiger partial charge on any atom is -0.396 e. The van der Waals surface area contributed by atoms with E-state index >= 15 is 0 Å². The first-order valence-corrected chi connectivity index (χ1v) is 6.44. The number of rotatable bonds is 4. The molecule has 0 aliphatic carbocycles. The van der Waals surface area contributed by atoms with Gasteiger partial charge in [-0.05, 0) is 18.2 Å². The molecule has 1 aromatic carbocycles. The van der Waals surface area contributed by atoms with E-state index < -0.39 is 15.8 Å². The van der Waals surface area contributed by atoms with Gasteiger partial charge in [-0.3, -0.25) is 0 Å². The minimum absolute atomic E-state index is 0.0843. The van der Waals surface area contributed by atoms with E-state index in [0.29, 0.717) is 0 Å². The molecule has 0 spiro atoms. The fourth-order valence-corrected chi connectivity index (χ4v) is 2.63. The smallest absolute Gasteiger partial charge is 0.242 e. The van der Waals surface area contributed by atoms with Crippen molar-refractivity contribution >= 4 is 27.3 Å². The first-order valence-electron chi connectivity index (χ1n) is 4.47. The molecule has 0 heterocycles. The average Bonchev–Trinajstić information content (AvgIpc) is 2.22. The van der Waals surface area contributed by atoms with Crippen LogP contribution in [0.2, 0.25) is 0 Å². The van der Waals surface area contributed by atoms with Crippen LogP contribution >= 0.6 is 11.6 Å². The van der Waals surface area contributed by atoms with Gasteiger partial charge in [-0.2, -0.15) is 4.31 Å². The van der Waals surface area contributed by atoms with Crippen molar-refractivity contribution in [3.63, 3.8) is 0 Å². The van der Waals surface area contributed by atoms with Crippen molar-refractivity contribution in [2.75, 3.05) is 25.2 Å². The lowest BCUT2D eigenvalue weighted by Gasteiger charge is -2.15. The molecule has 0 fully saturated rings. The lowest BCUT2D eigenvalue weighted by atomic mass is 10.3. The van der Waals surface area contributed by atoms with Crippen molar-refractivity contribution in [3.8, 4) is 0 Å². The highest BCUT2D eigenvalue weighted by Gasteiger charge is 2.21. The Kier molecular flexibility index (Phi) is 4.12. The Morgan fingerprint density at radius 3 is 2.62 bits per heavy atom. The summed E-state index contributed by atoms with van der Waals surface area (Å²) in [6.45, 7) is 0.163. The monoisotopic (exact) mass is 266 g/mol. The van der Waals surface area contributed by atoms with Gasteiger partial charge in [0.1, 0.15) is 5.82 Å². The standard InChI is InChI=1S/C9H12ClFN2O2S/c1-13(5-4-10)16(14,15)7-2-3-9(12)8(11)6-7/h2-3,6H,4-5,12H2,1H3. The maximum atomic E-state index is 13.1. The highest BCUT2D eigenvalue weighted by atomic mass is 35.5. The van der Waals surface area contributed by atoms with E-state index in [1.165, 1.54) is 19.2 Å². The van der Waals surface area contributed by atoms with Crippen molar-refractivity contribution in [1.29, 1.82) is 0 Å². The summed E-state index contributed by atoms with van der Waals surface area (Å²) < 4.78 is 37.9. The Hall–Kier alpha value is -0.850. The topological polar surface area (TPSA) is 63.4 Å². The van der Waals surface area contributed by atoms with Crippen molar-refractivity contribution in [1.82, 2.24) is 4.31 Å². The number of nitrogens with zero attached hydrogens (tertiary/aromatic N) is 1. The molecule has 0 aliphatic rings. The van der Waals surface area contributed by atoms with Gasteiger partial charge in [0, 0.05) is 19.5 Å². The largest absolute Gasteiger partial charge is 0.396 e. The van der Waals surface area contributed by atoms with E-state index in [2.05, 4.69) is 0 Å². The summed E-state index contributed by atoms with van der Waals surface area (Å²) in [6.07, 6.45) is 0. The predicted molar refractivity (Wildman–Crippen MR) is 61.3 cm³/mol. The molecule has 0 saturated carbocycles. The van der Waals surface area contributed by atoms with E-state index in [1.54, 1.807) is 0 Å². The first-order chi connectivity index (χ1) is 7.39. The third kappa shape index (κ3) is 2.63. The Morgan fingerprint density at radius 2 is 2.12 bits per heavy atom. The number of halogens is 2. The van der Waals surface area contributed by atoms with Crippen LogP contribution < -0.4 is 5.73 Å². The molecule has 90 valence electrons. The van der Waals surface area contributed by atoms with Crippen molar-refractivity contribution < 1.29 is 12.8 Å². The molecule has 0 aromatic heterocycles. The maximum absolute atomic E-state index is 13.1. The van der Waals surface area contributed by atoms with Crippen LogP contribution in [-0.4, -0.2) is 32.2 Å². The molecule has 4 nitrogen and oxygen atoms in total. The first kappa shape index (κ1) is 13.2.